The molecule has 1 aliphatic rings. The van der Waals surface area contributed by atoms with E-state index in [1.165, 1.54) is 76.6 Å². The maximum Gasteiger partial charge on any atom is 0.0370 e. The molecule has 2 nitrogen and oxygen atoms in total. The SMILES string of the molecule is CCCCC[C@@H](CCN(c1ccccc1)C1Cc2ccccc2C1)N(CCC)CCC. The molecule has 0 aliphatic heterocycles. The first-order valence-corrected chi connectivity index (χ1v) is 12.9. The summed E-state index contributed by atoms with van der Waals surface area (Å²) in [7, 11) is 0. The molecule has 0 N–H and O–H groups in total. The molecule has 0 saturated heterocycles. The van der Waals surface area contributed by atoms with E-state index in [4.69, 9.17) is 0 Å². The standard InChI is InChI=1S/C29H44N2/c1-4-7-9-16-27(30(20-5-2)21-6-3)19-22-31(28-17-10-8-11-18-28)29-23-25-14-12-13-15-26(25)24-29/h8,10-15,17-18,27,29H,4-7,9,16,19-24H2,1-3H3/t27-/m0/s1. The fourth-order valence-electron chi connectivity index (χ4n) is 5.38. The highest BCUT2D eigenvalue weighted by Gasteiger charge is 2.28. The molecular weight excluding hydrogens is 376 g/mol. The van der Waals surface area contributed by atoms with E-state index in [1.807, 2.05) is 0 Å². The molecule has 1 atom stereocenters. The van der Waals surface area contributed by atoms with E-state index in [1.54, 1.807) is 11.1 Å². The Bertz CT molecular complexity index is 710. The summed E-state index contributed by atoms with van der Waals surface area (Å²) in [4.78, 5) is 5.52. The third-order valence-corrected chi connectivity index (χ3v) is 6.94. The van der Waals surface area contributed by atoms with Gasteiger partial charge in [0.05, 0.1) is 0 Å². The molecular formula is C29H44N2. The van der Waals surface area contributed by atoms with Crippen LogP contribution < -0.4 is 4.90 Å². The predicted molar refractivity (Wildman–Crippen MR) is 136 cm³/mol. The Morgan fingerprint density at radius 2 is 1.32 bits per heavy atom. The summed E-state index contributed by atoms with van der Waals surface area (Å²) in [6, 6.07) is 21.5. The van der Waals surface area contributed by atoms with Crippen LogP contribution in [0.25, 0.3) is 0 Å². The van der Waals surface area contributed by atoms with Gasteiger partial charge in [-0.15, -0.1) is 0 Å². The van der Waals surface area contributed by atoms with Crippen LogP contribution in [0.5, 0.6) is 0 Å². The highest BCUT2D eigenvalue weighted by Crippen LogP contribution is 2.30. The number of hydrogen-bond donors (Lipinski definition) is 0. The monoisotopic (exact) mass is 420 g/mol. The van der Waals surface area contributed by atoms with Crippen LogP contribution in [0.1, 0.15) is 76.8 Å². The fourth-order valence-corrected chi connectivity index (χ4v) is 5.38. The van der Waals surface area contributed by atoms with Gasteiger partial charge in [0.25, 0.3) is 0 Å². The zero-order valence-electron chi connectivity index (χ0n) is 20.2. The van der Waals surface area contributed by atoms with Crippen molar-refractivity contribution < 1.29 is 0 Å². The highest BCUT2D eigenvalue weighted by atomic mass is 15.2. The van der Waals surface area contributed by atoms with Crippen LogP contribution in [0.4, 0.5) is 5.69 Å². The maximum absolute atomic E-state index is 2.79. The molecule has 0 aromatic heterocycles. The lowest BCUT2D eigenvalue weighted by Crippen LogP contribution is -2.42. The van der Waals surface area contributed by atoms with E-state index >= 15 is 0 Å². The Kier molecular flexibility index (Phi) is 9.93. The van der Waals surface area contributed by atoms with Gasteiger partial charge in [-0.2, -0.15) is 0 Å². The van der Waals surface area contributed by atoms with Crippen LogP contribution in [0.2, 0.25) is 0 Å². The van der Waals surface area contributed by atoms with Crippen LogP contribution in [0.15, 0.2) is 54.6 Å². The van der Waals surface area contributed by atoms with Gasteiger partial charge in [0.2, 0.25) is 0 Å². The van der Waals surface area contributed by atoms with Gasteiger partial charge in [-0.25, -0.2) is 0 Å². The molecule has 0 bridgehead atoms. The van der Waals surface area contributed by atoms with E-state index in [-0.39, 0.29) is 0 Å². The average Bonchev–Trinajstić information content (AvgIpc) is 3.22. The van der Waals surface area contributed by atoms with Crippen molar-refractivity contribution in [2.75, 3.05) is 24.5 Å². The Morgan fingerprint density at radius 3 is 1.90 bits per heavy atom. The number of rotatable bonds is 14. The molecule has 1 aliphatic carbocycles. The van der Waals surface area contributed by atoms with Crippen LogP contribution in [-0.2, 0) is 12.8 Å². The molecule has 0 heterocycles. The predicted octanol–water partition coefficient (Wildman–Crippen LogP) is 7.12. The molecule has 0 unspecified atom stereocenters. The Balaban J connectivity index is 1.74. The summed E-state index contributed by atoms with van der Waals surface area (Å²) in [5.41, 5.74) is 4.49. The van der Waals surface area contributed by atoms with E-state index in [0.717, 1.165) is 6.54 Å². The van der Waals surface area contributed by atoms with Crippen molar-refractivity contribution in [3.05, 3.63) is 65.7 Å². The topological polar surface area (TPSA) is 6.48 Å². The molecule has 2 aromatic carbocycles. The quantitative estimate of drug-likeness (QED) is 0.300. The van der Waals surface area contributed by atoms with Crippen molar-refractivity contribution in [3.63, 3.8) is 0 Å². The number of unbranched alkanes of at least 4 members (excludes halogenated alkanes) is 2. The molecule has 2 heteroatoms. The van der Waals surface area contributed by atoms with Gasteiger partial charge in [0, 0.05) is 24.3 Å². The van der Waals surface area contributed by atoms with Gasteiger partial charge < -0.3 is 9.80 Å². The number of hydrogen-bond acceptors (Lipinski definition) is 2. The van der Waals surface area contributed by atoms with Crippen molar-refractivity contribution in [1.29, 1.82) is 0 Å². The molecule has 0 amide bonds. The second kappa shape index (κ2) is 12.9. The summed E-state index contributed by atoms with van der Waals surface area (Å²) in [5, 5.41) is 0. The largest absolute Gasteiger partial charge is 0.368 e. The van der Waals surface area contributed by atoms with Gasteiger partial charge in [-0.1, -0.05) is 82.5 Å². The molecule has 31 heavy (non-hydrogen) atoms. The molecule has 0 saturated carbocycles. The van der Waals surface area contributed by atoms with Gasteiger partial charge >= 0.3 is 0 Å². The van der Waals surface area contributed by atoms with Crippen molar-refractivity contribution in [3.8, 4) is 0 Å². The van der Waals surface area contributed by atoms with Gasteiger partial charge in [0.1, 0.15) is 0 Å². The molecule has 0 radical (unpaired) electrons. The minimum atomic E-state index is 0.585. The first kappa shape index (κ1) is 23.9. The zero-order valence-corrected chi connectivity index (χ0v) is 20.2. The number of nitrogens with zero attached hydrogens (tertiary/aromatic N) is 2. The van der Waals surface area contributed by atoms with Crippen LogP contribution in [-0.4, -0.2) is 36.6 Å². The molecule has 0 fully saturated rings. The smallest absolute Gasteiger partial charge is 0.0370 e. The van der Waals surface area contributed by atoms with E-state index < -0.39 is 0 Å². The molecule has 2 aromatic rings. The minimum absolute atomic E-state index is 0.585. The van der Waals surface area contributed by atoms with E-state index in [0.29, 0.717) is 12.1 Å². The Hall–Kier alpha value is -1.80. The van der Waals surface area contributed by atoms with Gasteiger partial charge in [-0.05, 0) is 74.9 Å². The van der Waals surface area contributed by atoms with Crippen LogP contribution >= 0.6 is 0 Å². The van der Waals surface area contributed by atoms with Crippen molar-refractivity contribution in [2.24, 2.45) is 0 Å². The Labute approximate surface area is 191 Å². The Morgan fingerprint density at radius 1 is 0.710 bits per heavy atom. The zero-order chi connectivity index (χ0) is 21.9. The normalized spacial score (nSPS) is 14.7. The van der Waals surface area contributed by atoms with Crippen molar-refractivity contribution in [1.82, 2.24) is 4.90 Å². The summed E-state index contributed by atoms with van der Waals surface area (Å²) in [6.45, 7) is 10.6. The number of anilines is 1. The second-order valence-corrected chi connectivity index (χ2v) is 9.33. The third kappa shape index (κ3) is 6.84. The molecule has 0 spiro atoms. The lowest BCUT2D eigenvalue weighted by Gasteiger charge is -2.36. The summed E-state index contributed by atoms with van der Waals surface area (Å²) >= 11 is 0. The number of para-hydroxylation sites is 1. The van der Waals surface area contributed by atoms with E-state index in [2.05, 4.69) is 85.2 Å². The first-order valence-electron chi connectivity index (χ1n) is 12.9. The van der Waals surface area contributed by atoms with Crippen molar-refractivity contribution in [2.45, 2.75) is 90.6 Å². The van der Waals surface area contributed by atoms with Crippen LogP contribution in [0, 0.1) is 0 Å². The number of fused-ring (bicyclic) bond motifs is 1. The highest BCUT2D eigenvalue weighted by molar-refractivity contribution is 5.49. The number of benzene rings is 2. The summed E-state index contributed by atoms with van der Waals surface area (Å²) < 4.78 is 0. The van der Waals surface area contributed by atoms with Gasteiger partial charge in [-0.3, -0.25) is 0 Å². The lowest BCUT2D eigenvalue weighted by molar-refractivity contribution is 0.174. The molecule has 170 valence electrons. The second-order valence-electron chi connectivity index (χ2n) is 9.33. The summed E-state index contributed by atoms with van der Waals surface area (Å²) in [6.07, 6.45) is 11.5. The minimum Gasteiger partial charge on any atom is -0.368 e. The van der Waals surface area contributed by atoms with E-state index in [9.17, 15) is 0 Å². The van der Waals surface area contributed by atoms with Crippen molar-refractivity contribution >= 4 is 5.69 Å². The molecule has 3 rings (SSSR count). The lowest BCUT2D eigenvalue weighted by atomic mass is 10.0. The fraction of sp³-hybridized carbons (Fsp3) is 0.586. The van der Waals surface area contributed by atoms with Gasteiger partial charge in [0.15, 0.2) is 0 Å². The summed E-state index contributed by atoms with van der Waals surface area (Å²) in [5.74, 6) is 0. The van der Waals surface area contributed by atoms with Crippen LogP contribution in [0.3, 0.4) is 0 Å². The first-order chi connectivity index (χ1) is 15.3. The third-order valence-electron chi connectivity index (χ3n) is 6.94. The average molecular weight is 421 g/mol. The maximum atomic E-state index is 2.79.